The number of rotatable bonds is 7. The molecule has 1 aromatic heterocycles. The number of hydrogen-bond acceptors (Lipinski definition) is 6. The summed E-state index contributed by atoms with van der Waals surface area (Å²) in [4.78, 5) is 51.1. The fourth-order valence-corrected chi connectivity index (χ4v) is 4.02. The van der Waals surface area contributed by atoms with Crippen molar-refractivity contribution in [3.05, 3.63) is 52.2 Å². The summed E-state index contributed by atoms with van der Waals surface area (Å²) in [6.07, 6.45) is 1.01. The summed E-state index contributed by atoms with van der Waals surface area (Å²) < 4.78 is 5.17. The first kappa shape index (κ1) is 22.5. The Hall–Kier alpha value is -3.20. The highest BCUT2D eigenvalue weighted by molar-refractivity contribution is 7.12. The van der Waals surface area contributed by atoms with Crippen molar-refractivity contribution >= 4 is 40.7 Å². The van der Waals surface area contributed by atoms with Gasteiger partial charge in [0.05, 0.1) is 10.8 Å². The molecule has 2 heterocycles. The first-order valence-electron chi connectivity index (χ1n) is 10.2. The van der Waals surface area contributed by atoms with E-state index in [0.29, 0.717) is 48.6 Å². The Morgan fingerprint density at radius 3 is 2.58 bits per heavy atom. The summed E-state index contributed by atoms with van der Waals surface area (Å²) in [5, 5.41) is 7.18. The molecular weight excluding hydrogens is 418 g/mol. The van der Waals surface area contributed by atoms with Crippen molar-refractivity contribution < 1.29 is 23.9 Å². The fourth-order valence-electron chi connectivity index (χ4n) is 3.33. The largest absolute Gasteiger partial charge is 0.455 e. The van der Waals surface area contributed by atoms with Gasteiger partial charge in [-0.25, -0.2) is 0 Å². The lowest BCUT2D eigenvalue weighted by Gasteiger charge is -2.30. The van der Waals surface area contributed by atoms with E-state index in [4.69, 9.17) is 4.74 Å². The zero-order valence-corrected chi connectivity index (χ0v) is 18.1. The normalized spacial score (nSPS) is 14.0. The SMILES string of the molecule is CCNC(=O)c1cccc(NC(=O)COC(=O)C2CCN(C(=O)c3cccs3)CC2)c1. The lowest BCUT2D eigenvalue weighted by Crippen LogP contribution is -2.40. The van der Waals surface area contributed by atoms with Crippen LogP contribution in [-0.4, -0.2) is 54.8 Å². The quantitative estimate of drug-likeness (QED) is 0.640. The first-order valence-corrected chi connectivity index (χ1v) is 11.0. The summed E-state index contributed by atoms with van der Waals surface area (Å²) in [7, 11) is 0. The number of hydrogen-bond donors (Lipinski definition) is 2. The van der Waals surface area contributed by atoms with Crippen LogP contribution < -0.4 is 10.6 Å². The lowest BCUT2D eigenvalue weighted by molar-refractivity contribution is -0.152. The van der Waals surface area contributed by atoms with E-state index in [9.17, 15) is 19.2 Å². The van der Waals surface area contributed by atoms with Gasteiger partial charge in [-0.1, -0.05) is 12.1 Å². The molecule has 0 saturated carbocycles. The van der Waals surface area contributed by atoms with Crippen molar-refractivity contribution in [3.8, 4) is 0 Å². The molecule has 0 unspecified atom stereocenters. The first-order chi connectivity index (χ1) is 15.0. The number of thiophene rings is 1. The zero-order chi connectivity index (χ0) is 22.2. The molecule has 0 atom stereocenters. The molecule has 2 aromatic rings. The number of anilines is 1. The van der Waals surface area contributed by atoms with Crippen LogP contribution >= 0.6 is 11.3 Å². The summed E-state index contributed by atoms with van der Waals surface area (Å²) in [5.74, 6) is -1.49. The maximum Gasteiger partial charge on any atom is 0.309 e. The minimum absolute atomic E-state index is 0.0176. The molecule has 8 nitrogen and oxygen atoms in total. The Labute approximate surface area is 184 Å². The number of benzene rings is 1. The van der Waals surface area contributed by atoms with E-state index in [-0.39, 0.29) is 17.7 Å². The minimum atomic E-state index is -0.480. The lowest BCUT2D eigenvalue weighted by atomic mass is 9.97. The van der Waals surface area contributed by atoms with Gasteiger partial charge in [-0.2, -0.15) is 0 Å². The standard InChI is InChI=1S/C22H25N3O5S/c1-2-23-20(27)16-5-3-6-17(13-16)24-19(26)14-30-22(29)15-8-10-25(11-9-15)21(28)18-7-4-12-31-18/h3-7,12-13,15H,2,8-11,14H2,1H3,(H,23,27)(H,24,26). The second-order valence-electron chi connectivity index (χ2n) is 7.14. The summed E-state index contributed by atoms with van der Waals surface area (Å²) in [6.45, 7) is 2.89. The molecule has 0 bridgehead atoms. The van der Waals surface area contributed by atoms with E-state index in [1.165, 1.54) is 11.3 Å². The topological polar surface area (TPSA) is 105 Å². The molecule has 164 valence electrons. The zero-order valence-electron chi connectivity index (χ0n) is 17.3. The number of ether oxygens (including phenoxy) is 1. The van der Waals surface area contributed by atoms with Gasteiger partial charge in [0, 0.05) is 30.9 Å². The van der Waals surface area contributed by atoms with E-state index in [2.05, 4.69) is 10.6 Å². The molecule has 2 N–H and O–H groups in total. The molecular formula is C22H25N3O5S. The van der Waals surface area contributed by atoms with Crippen LogP contribution in [-0.2, 0) is 14.3 Å². The van der Waals surface area contributed by atoms with Crippen LogP contribution in [0.5, 0.6) is 0 Å². The van der Waals surface area contributed by atoms with Crippen molar-refractivity contribution in [2.24, 2.45) is 5.92 Å². The number of piperidine rings is 1. The van der Waals surface area contributed by atoms with Crippen molar-refractivity contribution in [1.82, 2.24) is 10.2 Å². The van der Waals surface area contributed by atoms with Crippen LogP contribution in [0.2, 0.25) is 0 Å². The van der Waals surface area contributed by atoms with Crippen LogP contribution in [0, 0.1) is 5.92 Å². The van der Waals surface area contributed by atoms with Crippen molar-refractivity contribution in [2.75, 3.05) is 31.6 Å². The van der Waals surface area contributed by atoms with E-state index >= 15 is 0 Å². The average molecular weight is 444 g/mol. The van der Waals surface area contributed by atoms with Crippen LogP contribution in [0.3, 0.4) is 0 Å². The Morgan fingerprint density at radius 2 is 1.90 bits per heavy atom. The summed E-state index contributed by atoms with van der Waals surface area (Å²) in [5.41, 5.74) is 0.880. The molecule has 31 heavy (non-hydrogen) atoms. The van der Waals surface area contributed by atoms with E-state index < -0.39 is 18.5 Å². The molecule has 1 aliphatic heterocycles. The highest BCUT2D eigenvalue weighted by atomic mass is 32.1. The molecule has 0 spiro atoms. The maximum atomic E-state index is 12.4. The third kappa shape index (κ3) is 6.14. The molecule has 1 aromatic carbocycles. The fraction of sp³-hybridized carbons (Fsp3) is 0.364. The smallest absolute Gasteiger partial charge is 0.309 e. The van der Waals surface area contributed by atoms with Crippen LogP contribution in [0.1, 0.15) is 39.8 Å². The Kier molecular flexibility index (Phi) is 7.77. The molecule has 1 fully saturated rings. The maximum absolute atomic E-state index is 12.4. The van der Waals surface area contributed by atoms with Crippen LogP contribution in [0.4, 0.5) is 5.69 Å². The Morgan fingerprint density at radius 1 is 1.13 bits per heavy atom. The molecule has 1 saturated heterocycles. The highest BCUT2D eigenvalue weighted by Gasteiger charge is 2.29. The van der Waals surface area contributed by atoms with Gasteiger partial charge in [-0.15, -0.1) is 11.3 Å². The second-order valence-corrected chi connectivity index (χ2v) is 8.09. The molecule has 1 aliphatic rings. The van der Waals surface area contributed by atoms with Crippen molar-refractivity contribution in [1.29, 1.82) is 0 Å². The van der Waals surface area contributed by atoms with Crippen molar-refractivity contribution in [3.63, 3.8) is 0 Å². The number of nitrogens with zero attached hydrogens (tertiary/aromatic N) is 1. The number of amides is 3. The second kappa shape index (κ2) is 10.7. The molecule has 3 rings (SSSR count). The van der Waals surface area contributed by atoms with Gasteiger partial charge in [0.1, 0.15) is 0 Å². The summed E-state index contributed by atoms with van der Waals surface area (Å²) >= 11 is 1.40. The summed E-state index contributed by atoms with van der Waals surface area (Å²) in [6, 6.07) is 10.2. The number of nitrogens with one attached hydrogen (secondary N) is 2. The number of likely N-dealkylation sites (tertiary alicyclic amines) is 1. The van der Waals surface area contributed by atoms with Gasteiger partial charge in [0.2, 0.25) is 0 Å². The van der Waals surface area contributed by atoms with Gasteiger partial charge in [-0.05, 0) is 49.4 Å². The van der Waals surface area contributed by atoms with Gasteiger partial charge in [0.15, 0.2) is 6.61 Å². The highest BCUT2D eigenvalue weighted by Crippen LogP contribution is 2.22. The third-order valence-electron chi connectivity index (χ3n) is 4.94. The van der Waals surface area contributed by atoms with E-state index in [1.807, 2.05) is 18.4 Å². The number of carbonyl (C=O) groups is 4. The molecule has 9 heteroatoms. The number of esters is 1. The molecule has 3 amide bonds. The molecule has 0 radical (unpaired) electrons. The van der Waals surface area contributed by atoms with Crippen molar-refractivity contribution in [2.45, 2.75) is 19.8 Å². The van der Waals surface area contributed by atoms with Crippen LogP contribution in [0.15, 0.2) is 41.8 Å². The Balaban J connectivity index is 1.43. The van der Waals surface area contributed by atoms with Crippen LogP contribution in [0.25, 0.3) is 0 Å². The van der Waals surface area contributed by atoms with Gasteiger partial charge in [-0.3, -0.25) is 19.2 Å². The monoisotopic (exact) mass is 443 g/mol. The van der Waals surface area contributed by atoms with E-state index in [0.717, 1.165) is 0 Å². The minimum Gasteiger partial charge on any atom is -0.455 e. The predicted octanol–water partition coefficient (Wildman–Crippen LogP) is 2.53. The van der Waals surface area contributed by atoms with Gasteiger partial charge < -0.3 is 20.3 Å². The van der Waals surface area contributed by atoms with Gasteiger partial charge >= 0.3 is 5.97 Å². The predicted molar refractivity (Wildman–Crippen MR) is 117 cm³/mol. The molecule has 0 aliphatic carbocycles. The Bertz CT molecular complexity index is 936. The van der Waals surface area contributed by atoms with E-state index in [1.54, 1.807) is 35.2 Å². The average Bonchev–Trinajstić information content (AvgIpc) is 3.32. The third-order valence-corrected chi connectivity index (χ3v) is 5.80. The van der Waals surface area contributed by atoms with Gasteiger partial charge in [0.25, 0.3) is 17.7 Å². The number of carbonyl (C=O) groups excluding carboxylic acids is 4.